The predicted molar refractivity (Wildman–Crippen MR) is 84.2 cm³/mol. The summed E-state index contributed by atoms with van der Waals surface area (Å²) in [5.41, 5.74) is 1.34. The molecule has 0 aliphatic carbocycles. The van der Waals surface area contributed by atoms with Crippen LogP contribution in [-0.2, 0) is 22.6 Å². The quantitative estimate of drug-likeness (QED) is 0.798. The molecular formula is C16H27NO2S. The maximum absolute atomic E-state index is 5.85. The van der Waals surface area contributed by atoms with E-state index in [0.29, 0.717) is 11.8 Å². The lowest BCUT2D eigenvalue weighted by molar-refractivity contribution is 0.0791. The molecule has 1 saturated heterocycles. The second kappa shape index (κ2) is 8.13. The summed E-state index contributed by atoms with van der Waals surface area (Å²) < 4.78 is 11.2. The average molecular weight is 297 g/mol. The molecule has 1 fully saturated rings. The molecule has 3 nitrogen and oxygen atoms in total. The van der Waals surface area contributed by atoms with E-state index in [2.05, 4.69) is 32.2 Å². The van der Waals surface area contributed by atoms with Crippen molar-refractivity contribution in [1.29, 1.82) is 0 Å². The van der Waals surface area contributed by atoms with E-state index < -0.39 is 0 Å². The highest BCUT2D eigenvalue weighted by atomic mass is 32.1. The van der Waals surface area contributed by atoms with E-state index >= 15 is 0 Å². The molecule has 1 unspecified atom stereocenters. The standard InChI is InChI=1S/C16H27NO2S/c1-12(2)7-17-8-16-6-15(13(3)20-16)11-19-10-14-4-5-18-9-14/h6,12,14,17H,4-5,7-11H2,1-3H3. The van der Waals surface area contributed by atoms with Crippen molar-refractivity contribution in [3.63, 3.8) is 0 Å². The molecule has 0 bridgehead atoms. The Morgan fingerprint density at radius 2 is 2.35 bits per heavy atom. The van der Waals surface area contributed by atoms with E-state index in [1.165, 1.54) is 15.3 Å². The Labute approximate surface area is 126 Å². The van der Waals surface area contributed by atoms with Crippen LogP contribution in [0.15, 0.2) is 6.07 Å². The number of hydrogen-bond acceptors (Lipinski definition) is 4. The van der Waals surface area contributed by atoms with E-state index in [1.807, 2.05) is 11.3 Å². The number of aryl methyl sites for hydroxylation is 1. The molecule has 1 aromatic heterocycles. The summed E-state index contributed by atoms with van der Waals surface area (Å²) in [5, 5.41) is 3.50. The highest BCUT2D eigenvalue weighted by Crippen LogP contribution is 2.23. The number of thiophene rings is 1. The molecule has 20 heavy (non-hydrogen) atoms. The Bertz CT molecular complexity index is 397. The summed E-state index contributed by atoms with van der Waals surface area (Å²) >= 11 is 1.88. The van der Waals surface area contributed by atoms with Crippen LogP contribution in [0.3, 0.4) is 0 Å². The van der Waals surface area contributed by atoms with Gasteiger partial charge in [0.15, 0.2) is 0 Å². The lowest BCUT2D eigenvalue weighted by Crippen LogP contribution is -2.18. The monoisotopic (exact) mass is 297 g/mol. The molecule has 0 saturated carbocycles. The highest BCUT2D eigenvalue weighted by Gasteiger charge is 2.16. The molecule has 1 aliphatic rings. The van der Waals surface area contributed by atoms with Crippen LogP contribution in [0.4, 0.5) is 0 Å². The van der Waals surface area contributed by atoms with Crippen molar-refractivity contribution >= 4 is 11.3 Å². The first-order chi connectivity index (χ1) is 9.65. The van der Waals surface area contributed by atoms with Crippen LogP contribution in [0, 0.1) is 18.8 Å². The van der Waals surface area contributed by atoms with Crippen LogP contribution in [-0.4, -0.2) is 26.4 Å². The van der Waals surface area contributed by atoms with Crippen LogP contribution >= 0.6 is 11.3 Å². The Morgan fingerprint density at radius 3 is 3.05 bits per heavy atom. The molecule has 1 N–H and O–H groups in total. The number of rotatable bonds is 8. The first-order valence-electron chi connectivity index (χ1n) is 7.59. The normalized spacial score (nSPS) is 19.1. The maximum Gasteiger partial charge on any atom is 0.0727 e. The fourth-order valence-corrected chi connectivity index (χ4v) is 3.37. The van der Waals surface area contributed by atoms with E-state index in [9.17, 15) is 0 Å². The van der Waals surface area contributed by atoms with Gasteiger partial charge in [-0.05, 0) is 37.4 Å². The average Bonchev–Trinajstić information content (AvgIpc) is 3.00. The van der Waals surface area contributed by atoms with Crippen molar-refractivity contribution in [2.75, 3.05) is 26.4 Å². The molecule has 1 aromatic rings. The molecule has 0 amide bonds. The van der Waals surface area contributed by atoms with Gasteiger partial charge in [-0.1, -0.05) is 13.8 Å². The van der Waals surface area contributed by atoms with Crippen molar-refractivity contribution in [2.24, 2.45) is 11.8 Å². The lowest BCUT2D eigenvalue weighted by Gasteiger charge is -2.08. The van der Waals surface area contributed by atoms with Crippen LogP contribution < -0.4 is 5.32 Å². The van der Waals surface area contributed by atoms with Gasteiger partial charge in [0.25, 0.3) is 0 Å². The summed E-state index contributed by atoms with van der Waals surface area (Å²) in [6.07, 6.45) is 1.15. The van der Waals surface area contributed by atoms with Crippen LogP contribution in [0.2, 0.25) is 0 Å². The minimum atomic E-state index is 0.598. The first kappa shape index (κ1) is 16.0. The molecule has 4 heteroatoms. The Morgan fingerprint density at radius 1 is 1.50 bits per heavy atom. The van der Waals surface area contributed by atoms with E-state index in [4.69, 9.17) is 9.47 Å². The van der Waals surface area contributed by atoms with Crippen molar-refractivity contribution in [1.82, 2.24) is 5.32 Å². The molecule has 2 heterocycles. The molecular weight excluding hydrogens is 270 g/mol. The third-order valence-electron chi connectivity index (χ3n) is 3.56. The Balaban J connectivity index is 1.72. The van der Waals surface area contributed by atoms with Gasteiger partial charge in [0.05, 0.1) is 19.8 Å². The van der Waals surface area contributed by atoms with Crippen LogP contribution in [0.25, 0.3) is 0 Å². The molecule has 0 aromatic carbocycles. The largest absolute Gasteiger partial charge is 0.381 e. The van der Waals surface area contributed by atoms with Gasteiger partial charge in [0, 0.05) is 28.8 Å². The molecule has 0 radical (unpaired) electrons. The highest BCUT2D eigenvalue weighted by molar-refractivity contribution is 7.12. The summed E-state index contributed by atoms with van der Waals surface area (Å²) in [4.78, 5) is 2.79. The maximum atomic E-state index is 5.85. The van der Waals surface area contributed by atoms with Gasteiger partial charge in [-0.2, -0.15) is 0 Å². The van der Waals surface area contributed by atoms with Gasteiger partial charge < -0.3 is 14.8 Å². The second-order valence-corrected chi connectivity index (χ2v) is 7.40. The van der Waals surface area contributed by atoms with E-state index in [0.717, 1.165) is 45.9 Å². The number of ether oxygens (including phenoxy) is 2. The van der Waals surface area contributed by atoms with Crippen LogP contribution in [0.1, 0.15) is 35.6 Å². The third kappa shape index (κ3) is 5.17. The van der Waals surface area contributed by atoms with Crippen LogP contribution in [0.5, 0.6) is 0 Å². The molecule has 0 spiro atoms. The van der Waals surface area contributed by atoms with Crippen molar-refractivity contribution < 1.29 is 9.47 Å². The van der Waals surface area contributed by atoms with E-state index in [1.54, 1.807) is 0 Å². The van der Waals surface area contributed by atoms with Gasteiger partial charge in [-0.25, -0.2) is 0 Å². The van der Waals surface area contributed by atoms with Gasteiger partial charge in [-0.15, -0.1) is 11.3 Å². The van der Waals surface area contributed by atoms with Gasteiger partial charge in [-0.3, -0.25) is 0 Å². The van der Waals surface area contributed by atoms with Gasteiger partial charge in [0.2, 0.25) is 0 Å². The third-order valence-corrected chi connectivity index (χ3v) is 4.65. The smallest absolute Gasteiger partial charge is 0.0727 e. The van der Waals surface area contributed by atoms with Crippen molar-refractivity contribution in [3.05, 3.63) is 21.4 Å². The summed E-state index contributed by atoms with van der Waals surface area (Å²) in [7, 11) is 0. The molecule has 2 rings (SSSR count). The topological polar surface area (TPSA) is 30.5 Å². The molecule has 1 atom stereocenters. The van der Waals surface area contributed by atoms with Gasteiger partial charge >= 0.3 is 0 Å². The van der Waals surface area contributed by atoms with Crippen molar-refractivity contribution in [3.8, 4) is 0 Å². The fraction of sp³-hybridized carbons (Fsp3) is 0.750. The minimum Gasteiger partial charge on any atom is -0.381 e. The number of nitrogens with one attached hydrogen (secondary N) is 1. The zero-order valence-electron chi connectivity index (χ0n) is 12.9. The Kier molecular flexibility index (Phi) is 6.49. The predicted octanol–water partition coefficient (Wildman–Crippen LogP) is 3.36. The van der Waals surface area contributed by atoms with E-state index in [-0.39, 0.29) is 0 Å². The summed E-state index contributed by atoms with van der Waals surface area (Å²) in [5.74, 6) is 1.30. The fourth-order valence-electron chi connectivity index (χ4n) is 2.35. The molecule has 114 valence electrons. The number of hydrogen-bond donors (Lipinski definition) is 1. The first-order valence-corrected chi connectivity index (χ1v) is 8.41. The van der Waals surface area contributed by atoms with Crippen molar-refractivity contribution in [2.45, 2.75) is 40.3 Å². The zero-order chi connectivity index (χ0) is 14.4. The summed E-state index contributed by atoms with van der Waals surface area (Å²) in [6, 6.07) is 2.29. The Hall–Kier alpha value is -0.420. The second-order valence-electron chi connectivity index (χ2n) is 6.06. The SMILES string of the molecule is Cc1sc(CNCC(C)C)cc1COCC1CCOC1. The summed E-state index contributed by atoms with van der Waals surface area (Å²) in [6.45, 7) is 12.0. The molecule has 1 aliphatic heterocycles. The zero-order valence-corrected chi connectivity index (χ0v) is 13.7. The lowest BCUT2D eigenvalue weighted by atomic mass is 10.1. The van der Waals surface area contributed by atoms with Gasteiger partial charge in [0.1, 0.15) is 0 Å². The minimum absolute atomic E-state index is 0.598.